The zero-order valence-corrected chi connectivity index (χ0v) is 5.55. The number of nitrogens with zero attached hydrogens (tertiary/aromatic N) is 1. The molecule has 0 saturated carbocycles. The maximum Gasteiger partial charge on any atom is 0.232 e. The van der Waals surface area contributed by atoms with Gasteiger partial charge in [-0.05, 0) is 6.92 Å². The molecule has 0 heterocycles. The fourth-order valence-corrected chi connectivity index (χ4v) is 0.279. The molecule has 0 rings (SSSR count). The molecule has 0 amide bonds. The molecule has 0 aromatic rings. The third-order valence-corrected chi connectivity index (χ3v) is 0.687. The fraction of sp³-hybridized carbons (Fsp3) is 0.500. The van der Waals surface area contributed by atoms with E-state index in [-0.39, 0.29) is 5.76 Å². The van der Waals surface area contributed by atoms with E-state index in [0.29, 0.717) is 6.61 Å². The van der Waals surface area contributed by atoms with Gasteiger partial charge in [0.25, 0.3) is 0 Å². The molecule has 0 aromatic heterocycles. The Bertz CT molecular complexity index is 134. The largest absolute Gasteiger partial charge is 0.497 e. The highest BCUT2D eigenvalue weighted by Crippen LogP contribution is 1.91. The van der Waals surface area contributed by atoms with Crippen molar-refractivity contribution in [3.8, 4) is 6.07 Å². The van der Waals surface area contributed by atoms with Crippen LogP contribution in [0, 0.1) is 11.3 Å². The molecule has 9 heavy (non-hydrogen) atoms. The summed E-state index contributed by atoms with van der Waals surface area (Å²) in [5.41, 5.74) is 0. The van der Waals surface area contributed by atoms with Crippen LogP contribution >= 0.6 is 0 Å². The van der Waals surface area contributed by atoms with Crippen LogP contribution in [0.2, 0.25) is 0 Å². The highest BCUT2D eigenvalue weighted by molar-refractivity contribution is 5.09. The van der Waals surface area contributed by atoms with Crippen LogP contribution in [0.1, 0.15) is 6.92 Å². The summed E-state index contributed by atoms with van der Waals surface area (Å²) in [4.78, 5) is 0. The summed E-state index contributed by atoms with van der Waals surface area (Å²) in [5, 5.41) is 8.23. The van der Waals surface area contributed by atoms with Gasteiger partial charge in [-0.1, -0.05) is 0 Å². The first-order chi connectivity index (χ1) is 4.35. The average Bonchev–Trinajstić information content (AvgIpc) is 1.91. The van der Waals surface area contributed by atoms with Crippen LogP contribution in [0.5, 0.6) is 0 Å². The molecular weight excluding hydrogens is 118 g/mol. The van der Waals surface area contributed by atoms with E-state index in [1.807, 2.05) is 6.92 Å². The zero-order chi connectivity index (χ0) is 7.11. The van der Waals surface area contributed by atoms with E-state index in [1.165, 1.54) is 13.4 Å². The molecule has 0 saturated heterocycles. The first kappa shape index (κ1) is 7.83. The van der Waals surface area contributed by atoms with Crippen molar-refractivity contribution in [1.82, 2.24) is 0 Å². The molecule has 50 valence electrons. The highest BCUT2D eigenvalue weighted by Gasteiger charge is 1.88. The van der Waals surface area contributed by atoms with Gasteiger partial charge >= 0.3 is 0 Å². The number of ether oxygens (including phenoxy) is 2. The van der Waals surface area contributed by atoms with Gasteiger partial charge in [0.05, 0.1) is 13.7 Å². The predicted molar refractivity (Wildman–Crippen MR) is 32.3 cm³/mol. The standard InChI is InChI=1S/C6H9NO2/c1-3-9-5-6(4-7)8-2/h5H,3H2,1-2H3/b6-5+. The molecule has 0 aromatic carbocycles. The molecular formula is C6H9NO2. The maximum absolute atomic E-state index is 8.23. The van der Waals surface area contributed by atoms with Crippen LogP contribution in [0.15, 0.2) is 12.0 Å². The van der Waals surface area contributed by atoms with Crippen molar-refractivity contribution < 1.29 is 9.47 Å². The molecule has 0 spiro atoms. The molecule has 0 atom stereocenters. The van der Waals surface area contributed by atoms with Gasteiger partial charge in [-0.25, -0.2) is 0 Å². The second-order valence-corrected chi connectivity index (χ2v) is 1.25. The lowest BCUT2D eigenvalue weighted by Crippen LogP contribution is -1.85. The van der Waals surface area contributed by atoms with Crippen LogP contribution in [-0.4, -0.2) is 13.7 Å². The molecule has 0 fully saturated rings. The Labute approximate surface area is 54.5 Å². The lowest BCUT2D eigenvalue weighted by Gasteiger charge is -1.95. The summed E-state index contributed by atoms with van der Waals surface area (Å²) in [6, 6.07) is 1.80. The minimum Gasteiger partial charge on any atom is -0.497 e. The Kier molecular flexibility index (Phi) is 4.33. The van der Waals surface area contributed by atoms with Crippen molar-refractivity contribution in [1.29, 1.82) is 5.26 Å². The third-order valence-electron chi connectivity index (χ3n) is 0.687. The molecule has 0 radical (unpaired) electrons. The summed E-state index contributed by atoms with van der Waals surface area (Å²) in [6.07, 6.45) is 1.29. The maximum atomic E-state index is 8.23. The van der Waals surface area contributed by atoms with Gasteiger partial charge in [-0.2, -0.15) is 5.26 Å². The Hall–Kier alpha value is -1.17. The van der Waals surface area contributed by atoms with Gasteiger partial charge in [0.1, 0.15) is 12.3 Å². The van der Waals surface area contributed by atoms with E-state index in [1.54, 1.807) is 6.07 Å². The van der Waals surface area contributed by atoms with E-state index >= 15 is 0 Å². The minimum atomic E-state index is 0.192. The molecule has 0 bridgehead atoms. The molecule has 0 aliphatic carbocycles. The van der Waals surface area contributed by atoms with Crippen molar-refractivity contribution in [2.75, 3.05) is 13.7 Å². The van der Waals surface area contributed by atoms with Gasteiger partial charge in [0.15, 0.2) is 0 Å². The van der Waals surface area contributed by atoms with Crippen LogP contribution in [-0.2, 0) is 9.47 Å². The van der Waals surface area contributed by atoms with Crippen molar-refractivity contribution >= 4 is 0 Å². The van der Waals surface area contributed by atoms with E-state index < -0.39 is 0 Å². The number of hydrogen-bond acceptors (Lipinski definition) is 3. The average molecular weight is 127 g/mol. The van der Waals surface area contributed by atoms with Crippen LogP contribution in [0.3, 0.4) is 0 Å². The van der Waals surface area contributed by atoms with E-state index in [2.05, 4.69) is 4.74 Å². The number of rotatable bonds is 3. The monoisotopic (exact) mass is 127 g/mol. The number of allylic oxidation sites excluding steroid dienone is 1. The van der Waals surface area contributed by atoms with E-state index in [4.69, 9.17) is 10.00 Å². The fourth-order valence-electron chi connectivity index (χ4n) is 0.279. The summed E-state index contributed by atoms with van der Waals surface area (Å²) < 4.78 is 9.34. The minimum absolute atomic E-state index is 0.192. The molecule has 3 heteroatoms. The van der Waals surface area contributed by atoms with E-state index in [0.717, 1.165) is 0 Å². The number of nitriles is 1. The SMILES string of the molecule is CCO/C=C(\C#N)OC. The normalized spacial score (nSPS) is 10.1. The zero-order valence-electron chi connectivity index (χ0n) is 5.55. The van der Waals surface area contributed by atoms with Crippen LogP contribution in [0.25, 0.3) is 0 Å². The highest BCUT2D eigenvalue weighted by atomic mass is 16.5. The second-order valence-electron chi connectivity index (χ2n) is 1.25. The lowest BCUT2D eigenvalue weighted by atomic mass is 10.6. The first-order valence-electron chi connectivity index (χ1n) is 2.61. The Morgan fingerprint density at radius 2 is 2.44 bits per heavy atom. The third kappa shape index (κ3) is 3.42. The van der Waals surface area contributed by atoms with Gasteiger partial charge in [0, 0.05) is 0 Å². The quantitative estimate of drug-likeness (QED) is 0.420. The van der Waals surface area contributed by atoms with Gasteiger partial charge in [-0.3, -0.25) is 0 Å². The summed E-state index contributed by atoms with van der Waals surface area (Å²) in [5.74, 6) is 0.192. The molecule has 0 N–H and O–H groups in total. The van der Waals surface area contributed by atoms with Crippen molar-refractivity contribution in [3.05, 3.63) is 12.0 Å². The predicted octanol–water partition coefficient (Wildman–Crippen LogP) is 1.03. The van der Waals surface area contributed by atoms with Gasteiger partial charge in [-0.15, -0.1) is 0 Å². The van der Waals surface area contributed by atoms with Gasteiger partial charge < -0.3 is 9.47 Å². The van der Waals surface area contributed by atoms with Crippen molar-refractivity contribution in [3.63, 3.8) is 0 Å². The Morgan fingerprint density at radius 3 is 2.78 bits per heavy atom. The smallest absolute Gasteiger partial charge is 0.232 e. The van der Waals surface area contributed by atoms with Crippen molar-refractivity contribution in [2.45, 2.75) is 6.92 Å². The second kappa shape index (κ2) is 4.98. The van der Waals surface area contributed by atoms with Gasteiger partial charge in [0.2, 0.25) is 5.76 Å². The number of methoxy groups -OCH3 is 1. The molecule has 0 aliphatic heterocycles. The Balaban J connectivity index is 3.66. The molecule has 0 aliphatic rings. The van der Waals surface area contributed by atoms with Crippen LogP contribution in [0.4, 0.5) is 0 Å². The van der Waals surface area contributed by atoms with Crippen molar-refractivity contribution in [2.24, 2.45) is 0 Å². The molecule has 0 unspecified atom stereocenters. The summed E-state index contributed by atoms with van der Waals surface area (Å²) in [7, 11) is 1.42. The molecule has 3 nitrogen and oxygen atoms in total. The number of hydrogen-bond donors (Lipinski definition) is 0. The Morgan fingerprint density at radius 1 is 1.78 bits per heavy atom. The summed E-state index contributed by atoms with van der Waals surface area (Å²) in [6.45, 7) is 2.38. The lowest BCUT2D eigenvalue weighted by molar-refractivity contribution is 0.230. The van der Waals surface area contributed by atoms with Crippen LogP contribution < -0.4 is 0 Å². The van der Waals surface area contributed by atoms with E-state index in [9.17, 15) is 0 Å². The topological polar surface area (TPSA) is 42.2 Å². The summed E-state index contributed by atoms with van der Waals surface area (Å²) >= 11 is 0. The first-order valence-corrected chi connectivity index (χ1v) is 2.61.